The Hall–Kier alpha value is -3.71. The van der Waals surface area contributed by atoms with Gasteiger partial charge in [0, 0.05) is 31.4 Å². The van der Waals surface area contributed by atoms with E-state index in [9.17, 15) is 43.4 Å². The fraction of sp³-hybridized carbons (Fsp3) is 0.429. The summed E-state index contributed by atoms with van der Waals surface area (Å²) in [7, 11) is -16.8. The molecule has 1 aromatic heterocycles. The molecule has 2 aromatic rings. The van der Waals surface area contributed by atoms with Gasteiger partial charge in [0.25, 0.3) is 5.91 Å². The van der Waals surface area contributed by atoms with Gasteiger partial charge < -0.3 is 45.4 Å². The van der Waals surface area contributed by atoms with E-state index in [4.69, 9.17) is 20.3 Å². The first-order valence-electron chi connectivity index (χ1n) is 15.2. The highest BCUT2D eigenvalue weighted by atomic mass is 31.3. The van der Waals surface area contributed by atoms with Gasteiger partial charge in [0.1, 0.15) is 29.8 Å². The van der Waals surface area contributed by atoms with Crippen LogP contribution in [0.4, 0.5) is 11.5 Å². The second kappa shape index (κ2) is 15.5. The third-order valence-corrected chi connectivity index (χ3v) is 11.7. The van der Waals surface area contributed by atoms with E-state index in [0.29, 0.717) is 0 Å². The van der Waals surface area contributed by atoms with Crippen LogP contribution in [-0.2, 0) is 49.2 Å². The van der Waals surface area contributed by atoms with E-state index < -0.39 is 60.1 Å². The molecule has 2 unspecified atom stereocenters. The summed E-state index contributed by atoms with van der Waals surface area (Å²) in [6.45, 7) is 0.892. The second-order valence-electron chi connectivity index (χ2n) is 11.6. The Kier molecular flexibility index (Phi) is 11.7. The van der Waals surface area contributed by atoms with Gasteiger partial charge in [-0.3, -0.25) is 13.9 Å². The second-order valence-corrected chi connectivity index (χ2v) is 16.0. The molecule has 0 bridgehead atoms. The summed E-state index contributed by atoms with van der Waals surface area (Å²) in [6, 6.07) is 5.95. The lowest BCUT2D eigenvalue weighted by Crippen LogP contribution is -2.34. The number of anilines is 2. The van der Waals surface area contributed by atoms with E-state index in [1.54, 1.807) is 0 Å². The predicted molar refractivity (Wildman–Crippen MR) is 176 cm³/mol. The van der Waals surface area contributed by atoms with Crippen molar-refractivity contribution in [1.29, 1.82) is 5.26 Å². The van der Waals surface area contributed by atoms with E-state index in [0.717, 1.165) is 48.9 Å². The Morgan fingerprint density at radius 2 is 1.78 bits per heavy atom. The Labute approximate surface area is 289 Å². The van der Waals surface area contributed by atoms with Gasteiger partial charge in [-0.1, -0.05) is 11.8 Å². The lowest BCUT2D eigenvalue weighted by atomic mass is 9.89. The van der Waals surface area contributed by atoms with E-state index in [1.807, 2.05) is 18.2 Å². The van der Waals surface area contributed by atoms with Crippen molar-refractivity contribution in [3.05, 3.63) is 56.6 Å². The number of aryl methyl sites for hydroxylation is 2. The standard InChI is InChI=1S/C28H33N6O14P3/c29-14-21(12-17-10-18-5-2-8-33-9-3-6-19(11-17)25(18)33)27(36)31-7-1-4-20-15-34(28(37)32-26(20)30)24-13-22(35)23(46-24)16-45-50(41,42)48-51(43,44)47-49(38,39)40/h10-12,15,22-24,35H,2-3,5-9,13,16H2,(H,31,36)(H,41,42)(H,43,44)(H2,30,32,37)(H2,38,39,40)/b21-12-/t22-,23+,24+/m0/s1. The van der Waals surface area contributed by atoms with E-state index in [2.05, 4.69) is 40.2 Å². The summed E-state index contributed by atoms with van der Waals surface area (Å²) in [6.07, 6.45) is 2.33. The van der Waals surface area contributed by atoms with Crippen LogP contribution < -0.4 is 21.6 Å². The highest BCUT2D eigenvalue weighted by Gasteiger charge is 2.43. The number of rotatable bonds is 11. The maximum Gasteiger partial charge on any atom is 0.490 e. The Morgan fingerprint density at radius 1 is 1.12 bits per heavy atom. The molecule has 4 heterocycles. The number of ether oxygens (including phenoxy) is 1. The van der Waals surface area contributed by atoms with Gasteiger partial charge in [-0.2, -0.15) is 18.9 Å². The van der Waals surface area contributed by atoms with E-state index in [1.165, 1.54) is 29.1 Å². The molecule has 274 valence electrons. The van der Waals surface area contributed by atoms with Crippen molar-refractivity contribution < 1.29 is 61.1 Å². The van der Waals surface area contributed by atoms with Crippen molar-refractivity contribution in [3.63, 3.8) is 0 Å². The van der Waals surface area contributed by atoms with Crippen LogP contribution in [0.1, 0.15) is 47.7 Å². The van der Waals surface area contributed by atoms with Gasteiger partial charge in [0.2, 0.25) is 0 Å². The van der Waals surface area contributed by atoms with Crippen LogP contribution in [0.25, 0.3) is 6.08 Å². The summed E-state index contributed by atoms with van der Waals surface area (Å²) >= 11 is 0. The minimum Gasteiger partial charge on any atom is -0.390 e. The number of hydrogen-bond donors (Lipinski definition) is 7. The van der Waals surface area contributed by atoms with Crippen LogP contribution in [0.5, 0.6) is 0 Å². The molecule has 0 spiro atoms. The number of carbonyl (C=O) groups excluding carboxylic acids is 1. The normalized spacial score (nSPS) is 22.5. The topological polar surface area (TPSA) is 306 Å². The largest absolute Gasteiger partial charge is 0.490 e. The number of nitrogen functional groups attached to an aromatic ring is 1. The number of aliphatic hydroxyl groups is 1. The fourth-order valence-electron chi connectivity index (χ4n) is 5.88. The third-order valence-electron chi connectivity index (χ3n) is 7.90. The molecule has 51 heavy (non-hydrogen) atoms. The lowest BCUT2D eigenvalue weighted by molar-refractivity contribution is -0.116. The Bertz CT molecular complexity index is 2020. The minimum atomic E-state index is -5.76. The summed E-state index contributed by atoms with van der Waals surface area (Å²) in [5, 5.41) is 22.6. The first kappa shape index (κ1) is 38.5. The molecule has 3 aliphatic rings. The minimum absolute atomic E-state index is 0.0340. The van der Waals surface area contributed by atoms with Crippen molar-refractivity contribution in [2.75, 3.05) is 36.9 Å². The van der Waals surface area contributed by atoms with Gasteiger partial charge in [0.15, 0.2) is 0 Å². The molecule has 5 atom stereocenters. The van der Waals surface area contributed by atoms with Crippen LogP contribution in [0.2, 0.25) is 0 Å². The molecular weight excluding hydrogens is 737 g/mol. The molecule has 1 amide bonds. The molecule has 0 aliphatic carbocycles. The SMILES string of the molecule is N#C/C(=C/c1cc2c3c(c1)CCCN3CCC2)C(=O)NCC#Cc1cn([C@H]2C[C@H](O)[C@@H](COP(=O)(O)OP(=O)(O)OP(=O)(O)O)O2)c(=O)nc1N. The number of phosphoric ester groups is 1. The maximum atomic E-state index is 12.8. The van der Waals surface area contributed by atoms with Crippen LogP contribution in [0.15, 0.2) is 28.7 Å². The summed E-state index contributed by atoms with van der Waals surface area (Å²) in [4.78, 5) is 67.7. The molecule has 3 aliphatic heterocycles. The number of aliphatic hydroxyl groups excluding tert-OH is 1. The Balaban J connectivity index is 1.20. The number of nitrogens with one attached hydrogen (secondary N) is 1. The monoisotopic (exact) mass is 770 g/mol. The van der Waals surface area contributed by atoms with Crippen molar-refractivity contribution in [3.8, 4) is 17.9 Å². The summed E-state index contributed by atoms with van der Waals surface area (Å²) in [5.41, 5.74) is 9.31. The quantitative estimate of drug-likeness (QED) is 0.0712. The first-order chi connectivity index (χ1) is 23.9. The third kappa shape index (κ3) is 10.0. The molecule has 5 rings (SSSR count). The molecule has 1 aromatic carbocycles. The van der Waals surface area contributed by atoms with Crippen molar-refractivity contribution in [2.24, 2.45) is 0 Å². The molecular formula is C28H33N6O14P3. The number of carbonyl (C=O) groups is 1. The average Bonchev–Trinajstić information content (AvgIpc) is 3.40. The van der Waals surface area contributed by atoms with Gasteiger partial charge in [0.05, 0.1) is 24.8 Å². The fourth-order valence-corrected chi connectivity index (χ4v) is 8.91. The molecule has 1 saturated heterocycles. The first-order valence-corrected chi connectivity index (χ1v) is 19.8. The Morgan fingerprint density at radius 3 is 2.41 bits per heavy atom. The van der Waals surface area contributed by atoms with Gasteiger partial charge in [-0.15, -0.1) is 0 Å². The van der Waals surface area contributed by atoms with Gasteiger partial charge >= 0.3 is 29.2 Å². The smallest absolute Gasteiger partial charge is 0.390 e. The molecule has 20 nitrogen and oxygen atoms in total. The number of hydrogen-bond acceptors (Lipinski definition) is 14. The average molecular weight is 771 g/mol. The zero-order chi connectivity index (χ0) is 37.1. The van der Waals surface area contributed by atoms with Crippen LogP contribution in [-0.4, -0.2) is 78.6 Å². The highest BCUT2D eigenvalue weighted by molar-refractivity contribution is 7.66. The number of nitrogens with two attached hydrogens (primary N) is 1. The van der Waals surface area contributed by atoms with Crippen molar-refractivity contribution in [2.45, 2.75) is 50.5 Å². The zero-order valence-corrected chi connectivity index (χ0v) is 29.2. The molecule has 23 heteroatoms. The number of nitriles is 1. The number of nitrogens with zero attached hydrogens (tertiary/aromatic N) is 4. The van der Waals surface area contributed by atoms with E-state index in [-0.39, 0.29) is 29.9 Å². The van der Waals surface area contributed by atoms with Crippen molar-refractivity contribution >= 4 is 47.0 Å². The number of phosphoric acid groups is 3. The molecule has 0 radical (unpaired) electrons. The van der Waals surface area contributed by atoms with Crippen LogP contribution in [0, 0.1) is 23.2 Å². The highest BCUT2D eigenvalue weighted by Crippen LogP contribution is 2.66. The molecule has 8 N–H and O–H groups in total. The van der Waals surface area contributed by atoms with E-state index >= 15 is 0 Å². The number of aromatic nitrogens is 2. The van der Waals surface area contributed by atoms with Crippen molar-refractivity contribution in [1.82, 2.24) is 14.9 Å². The summed E-state index contributed by atoms with van der Waals surface area (Å²) in [5.74, 6) is 4.43. The lowest BCUT2D eigenvalue weighted by Gasteiger charge is -2.37. The predicted octanol–water partition coefficient (Wildman–Crippen LogP) is 0.591. The number of amides is 1. The summed E-state index contributed by atoms with van der Waals surface area (Å²) < 4.78 is 52.5. The van der Waals surface area contributed by atoms with Crippen LogP contribution in [0.3, 0.4) is 0 Å². The molecule has 1 fully saturated rings. The number of benzene rings is 1. The van der Waals surface area contributed by atoms with Gasteiger partial charge in [-0.25, -0.2) is 18.5 Å². The van der Waals surface area contributed by atoms with Crippen LogP contribution >= 0.6 is 23.5 Å². The maximum absolute atomic E-state index is 12.8. The molecule has 0 saturated carbocycles. The van der Waals surface area contributed by atoms with Gasteiger partial charge in [-0.05, 0) is 60.6 Å². The zero-order valence-electron chi connectivity index (χ0n) is 26.5.